The van der Waals surface area contributed by atoms with Gasteiger partial charge in [0.25, 0.3) is 5.91 Å². The van der Waals surface area contributed by atoms with Gasteiger partial charge >= 0.3 is 0 Å². The Morgan fingerprint density at radius 1 is 1.17 bits per heavy atom. The number of furan rings is 1. The van der Waals surface area contributed by atoms with E-state index in [1.165, 1.54) is 12.3 Å². The summed E-state index contributed by atoms with van der Waals surface area (Å²) in [6, 6.07) is 11.4. The molecule has 0 bridgehead atoms. The van der Waals surface area contributed by atoms with Crippen molar-refractivity contribution in [2.45, 2.75) is 0 Å². The van der Waals surface area contributed by atoms with Crippen molar-refractivity contribution in [3.05, 3.63) is 54.4 Å². The van der Waals surface area contributed by atoms with Crippen LogP contribution >= 0.6 is 0 Å². The maximum absolute atomic E-state index is 12.2. The zero-order valence-corrected chi connectivity index (χ0v) is 13.4. The minimum absolute atomic E-state index is 0.183. The van der Waals surface area contributed by atoms with E-state index in [9.17, 15) is 13.2 Å². The van der Waals surface area contributed by atoms with Crippen molar-refractivity contribution < 1.29 is 17.6 Å². The van der Waals surface area contributed by atoms with Gasteiger partial charge in [-0.3, -0.25) is 14.6 Å². The fraction of sp³-hybridized carbons (Fsp3) is 0.0667. The molecule has 9 heteroatoms. The number of carbonyl (C=O) groups is 1. The highest BCUT2D eigenvalue weighted by atomic mass is 32.2. The van der Waals surface area contributed by atoms with Crippen molar-refractivity contribution in [3.8, 4) is 11.5 Å². The van der Waals surface area contributed by atoms with Crippen molar-refractivity contribution >= 4 is 27.3 Å². The minimum atomic E-state index is -3.39. The van der Waals surface area contributed by atoms with Gasteiger partial charge in [-0.25, -0.2) is 8.42 Å². The zero-order chi connectivity index (χ0) is 17.2. The van der Waals surface area contributed by atoms with E-state index < -0.39 is 15.9 Å². The van der Waals surface area contributed by atoms with Crippen LogP contribution in [0.3, 0.4) is 0 Å². The number of aromatic amines is 1. The van der Waals surface area contributed by atoms with Gasteiger partial charge in [-0.2, -0.15) is 5.10 Å². The van der Waals surface area contributed by atoms with Crippen LogP contribution in [0, 0.1) is 0 Å². The van der Waals surface area contributed by atoms with Crippen LogP contribution < -0.4 is 10.0 Å². The summed E-state index contributed by atoms with van der Waals surface area (Å²) in [5.41, 5.74) is 1.56. The second-order valence-corrected chi connectivity index (χ2v) is 6.80. The molecule has 0 fully saturated rings. The summed E-state index contributed by atoms with van der Waals surface area (Å²) in [6.45, 7) is 0. The van der Waals surface area contributed by atoms with Crippen LogP contribution in [0.2, 0.25) is 0 Å². The lowest BCUT2D eigenvalue weighted by molar-refractivity contribution is 0.102. The van der Waals surface area contributed by atoms with Gasteiger partial charge in [0.05, 0.1) is 18.2 Å². The zero-order valence-electron chi connectivity index (χ0n) is 12.6. The highest BCUT2D eigenvalue weighted by Gasteiger charge is 2.13. The highest BCUT2D eigenvalue weighted by Crippen LogP contribution is 2.20. The number of nitrogens with one attached hydrogen (secondary N) is 3. The first-order valence-electron chi connectivity index (χ1n) is 6.89. The molecular weight excluding hydrogens is 332 g/mol. The molecule has 0 aliphatic carbocycles. The molecule has 124 valence electrons. The average Bonchev–Trinajstić information content (AvgIpc) is 3.17. The monoisotopic (exact) mass is 346 g/mol. The summed E-state index contributed by atoms with van der Waals surface area (Å²) in [6.07, 6.45) is 2.58. The number of rotatable bonds is 5. The van der Waals surface area contributed by atoms with E-state index in [1.807, 2.05) is 0 Å². The third-order valence-electron chi connectivity index (χ3n) is 3.02. The van der Waals surface area contributed by atoms with Gasteiger partial charge in [0, 0.05) is 11.8 Å². The Morgan fingerprint density at radius 3 is 2.67 bits per heavy atom. The fourth-order valence-corrected chi connectivity index (χ4v) is 2.62. The van der Waals surface area contributed by atoms with Crippen molar-refractivity contribution in [2.24, 2.45) is 0 Å². The Labute approximate surface area is 137 Å². The Bertz CT molecular complexity index is 961. The molecule has 0 aliphatic rings. The van der Waals surface area contributed by atoms with Gasteiger partial charge in [0.1, 0.15) is 5.69 Å². The second kappa shape index (κ2) is 6.20. The van der Waals surface area contributed by atoms with Gasteiger partial charge in [0.2, 0.25) is 10.0 Å². The number of nitrogens with zero attached hydrogens (tertiary/aromatic N) is 1. The number of amides is 1. The lowest BCUT2D eigenvalue weighted by atomic mass is 10.2. The molecule has 0 radical (unpaired) electrons. The third-order valence-corrected chi connectivity index (χ3v) is 3.63. The molecule has 2 heterocycles. The quantitative estimate of drug-likeness (QED) is 0.655. The Kier molecular flexibility index (Phi) is 4.09. The molecule has 0 spiro atoms. The molecule has 1 aromatic carbocycles. The molecule has 0 atom stereocenters. The van der Waals surface area contributed by atoms with E-state index >= 15 is 0 Å². The largest absolute Gasteiger partial charge is 0.463 e. The Morgan fingerprint density at radius 2 is 1.96 bits per heavy atom. The normalized spacial score (nSPS) is 11.2. The highest BCUT2D eigenvalue weighted by molar-refractivity contribution is 7.92. The van der Waals surface area contributed by atoms with E-state index in [4.69, 9.17) is 4.42 Å². The lowest BCUT2D eigenvalue weighted by Crippen LogP contribution is -2.13. The minimum Gasteiger partial charge on any atom is -0.463 e. The van der Waals surface area contributed by atoms with Crippen molar-refractivity contribution in [1.82, 2.24) is 10.2 Å². The van der Waals surface area contributed by atoms with Crippen LogP contribution in [0.4, 0.5) is 11.4 Å². The molecular formula is C15H14N4O4S. The van der Waals surface area contributed by atoms with E-state index in [2.05, 4.69) is 20.2 Å². The van der Waals surface area contributed by atoms with E-state index in [-0.39, 0.29) is 5.69 Å². The van der Waals surface area contributed by atoms with E-state index in [0.717, 1.165) is 6.26 Å². The van der Waals surface area contributed by atoms with Gasteiger partial charge in [-0.05, 0) is 30.3 Å². The van der Waals surface area contributed by atoms with Crippen molar-refractivity contribution in [1.29, 1.82) is 0 Å². The van der Waals surface area contributed by atoms with Crippen LogP contribution in [-0.2, 0) is 10.0 Å². The maximum Gasteiger partial charge on any atom is 0.276 e. The summed E-state index contributed by atoms with van der Waals surface area (Å²) in [4.78, 5) is 12.2. The molecule has 3 N–H and O–H groups in total. The van der Waals surface area contributed by atoms with Gasteiger partial charge in [-0.1, -0.05) is 6.07 Å². The molecule has 0 saturated carbocycles. The predicted molar refractivity (Wildman–Crippen MR) is 89.2 cm³/mol. The molecule has 24 heavy (non-hydrogen) atoms. The molecule has 3 rings (SSSR count). The number of sulfonamides is 1. The summed E-state index contributed by atoms with van der Waals surface area (Å²) >= 11 is 0. The molecule has 8 nitrogen and oxygen atoms in total. The number of aromatic nitrogens is 2. The number of hydrogen-bond donors (Lipinski definition) is 3. The molecule has 0 saturated heterocycles. The predicted octanol–water partition coefficient (Wildman–Crippen LogP) is 2.29. The molecule has 0 unspecified atom stereocenters. The van der Waals surface area contributed by atoms with E-state index in [1.54, 1.807) is 36.4 Å². The van der Waals surface area contributed by atoms with Gasteiger partial charge < -0.3 is 9.73 Å². The summed E-state index contributed by atoms with van der Waals surface area (Å²) in [5.74, 6) is 0.140. The lowest BCUT2D eigenvalue weighted by Gasteiger charge is -2.07. The Balaban J connectivity index is 1.74. The van der Waals surface area contributed by atoms with Crippen LogP contribution in [0.25, 0.3) is 11.5 Å². The SMILES string of the molecule is CS(=O)(=O)Nc1cccc(NC(=O)c2cc(-c3ccco3)[nH]n2)c1. The number of carbonyl (C=O) groups excluding carboxylic acids is 1. The standard InChI is InChI=1S/C15H14N4O4S/c1-24(21,22)19-11-5-2-4-10(8-11)16-15(20)13-9-12(17-18-13)14-6-3-7-23-14/h2-9,19H,1H3,(H,16,20)(H,17,18). The number of anilines is 2. The second-order valence-electron chi connectivity index (χ2n) is 5.05. The maximum atomic E-state index is 12.2. The van der Waals surface area contributed by atoms with Gasteiger partial charge in [0.15, 0.2) is 11.5 Å². The molecule has 2 aromatic heterocycles. The van der Waals surface area contributed by atoms with Crippen molar-refractivity contribution in [2.75, 3.05) is 16.3 Å². The number of benzene rings is 1. The number of H-pyrrole nitrogens is 1. The molecule has 1 amide bonds. The van der Waals surface area contributed by atoms with Crippen LogP contribution in [0.1, 0.15) is 10.5 Å². The molecule has 0 aliphatic heterocycles. The Hall–Kier alpha value is -3.07. The third kappa shape index (κ3) is 3.82. The smallest absolute Gasteiger partial charge is 0.276 e. The van der Waals surface area contributed by atoms with Gasteiger partial charge in [-0.15, -0.1) is 0 Å². The first kappa shape index (κ1) is 15.8. The summed E-state index contributed by atoms with van der Waals surface area (Å²) in [5, 5.41) is 9.32. The topological polar surface area (TPSA) is 117 Å². The fourth-order valence-electron chi connectivity index (χ4n) is 2.07. The van der Waals surface area contributed by atoms with Crippen LogP contribution in [0.15, 0.2) is 53.1 Å². The summed E-state index contributed by atoms with van der Waals surface area (Å²) < 4.78 is 30.1. The van der Waals surface area contributed by atoms with Crippen molar-refractivity contribution in [3.63, 3.8) is 0 Å². The van der Waals surface area contributed by atoms with Crippen LogP contribution in [0.5, 0.6) is 0 Å². The summed E-state index contributed by atoms with van der Waals surface area (Å²) in [7, 11) is -3.39. The molecule has 3 aromatic rings. The number of hydrogen-bond acceptors (Lipinski definition) is 5. The average molecular weight is 346 g/mol. The first-order valence-corrected chi connectivity index (χ1v) is 8.78. The van der Waals surface area contributed by atoms with E-state index in [0.29, 0.717) is 22.8 Å². The van der Waals surface area contributed by atoms with Crippen LogP contribution in [-0.4, -0.2) is 30.8 Å². The first-order chi connectivity index (χ1) is 11.4.